The Morgan fingerprint density at radius 2 is 2.19 bits per heavy atom. The summed E-state index contributed by atoms with van der Waals surface area (Å²) in [6, 6.07) is 6.63. The first-order chi connectivity index (χ1) is 10.0. The van der Waals surface area contributed by atoms with Gasteiger partial charge in [0.05, 0.1) is 23.0 Å². The molecule has 2 aromatic rings. The lowest BCUT2D eigenvalue weighted by atomic mass is 10.1. The molecule has 0 amide bonds. The third kappa shape index (κ3) is 3.55. The summed E-state index contributed by atoms with van der Waals surface area (Å²) in [5.41, 5.74) is 2.23. The predicted molar refractivity (Wildman–Crippen MR) is 82.4 cm³/mol. The molecule has 21 heavy (non-hydrogen) atoms. The highest BCUT2D eigenvalue weighted by Gasteiger charge is 2.26. The zero-order valence-corrected chi connectivity index (χ0v) is 13.0. The summed E-state index contributed by atoms with van der Waals surface area (Å²) in [6.45, 7) is 3.95. The number of hydrogen-bond acceptors (Lipinski definition) is 4. The molecule has 0 fully saturated rings. The van der Waals surface area contributed by atoms with Crippen molar-refractivity contribution in [2.45, 2.75) is 19.9 Å². The summed E-state index contributed by atoms with van der Waals surface area (Å²) < 4.78 is 6.83. The van der Waals surface area contributed by atoms with E-state index in [0.29, 0.717) is 17.3 Å². The van der Waals surface area contributed by atoms with Gasteiger partial charge in [-0.2, -0.15) is 5.10 Å². The molecule has 1 N–H and O–H groups in total. The van der Waals surface area contributed by atoms with Crippen molar-refractivity contribution >= 4 is 23.3 Å². The Hall–Kier alpha value is -2.01. The van der Waals surface area contributed by atoms with Gasteiger partial charge in [0.2, 0.25) is 0 Å². The van der Waals surface area contributed by atoms with Crippen LogP contribution in [0.5, 0.6) is 0 Å². The number of nitrogens with one attached hydrogen (secondary N) is 1. The Labute approximate surface area is 128 Å². The quantitative estimate of drug-likeness (QED) is 0.862. The lowest BCUT2D eigenvalue weighted by molar-refractivity contribution is -0.144. The summed E-state index contributed by atoms with van der Waals surface area (Å²) in [4.78, 5) is 12.3. The maximum absolute atomic E-state index is 12.3. The van der Waals surface area contributed by atoms with Crippen LogP contribution in [0.4, 0.5) is 5.69 Å². The normalized spacial score (nSPS) is 12.0. The van der Waals surface area contributed by atoms with E-state index in [1.165, 1.54) is 0 Å². The van der Waals surface area contributed by atoms with Gasteiger partial charge in [-0.1, -0.05) is 23.7 Å². The summed E-state index contributed by atoms with van der Waals surface area (Å²) >= 11 is 6.15. The molecular formula is C15H18ClN3O2. The first-order valence-corrected chi connectivity index (χ1v) is 7.08. The molecule has 5 nitrogen and oxygen atoms in total. The highest BCUT2D eigenvalue weighted by Crippen LogP contribution is 2.28. The van der Waals surface area contributed by atoms with Crippen molar-refractivity contribution in [3.05, 3.63) is 46.7 Å². The number of nitrogens with zero attached hydrogens (tertiary/aromatic N) is 2. The van der Waals surface area contributed by atoms with E-state index in [4.69, 9.17) is 16.3 Å². The summed E-state index contributed by atoms with van der Waals surface area (Å²) in [6.07, 6.45) is 1.81. The third-order valence-corrected chi connectivity index (χ3v) is 3.39. The molecule has 1 unspecified atom stereocenters. The lowest BCUT2D eigenvalue weighted by Crippen LogP contribution is -2.24. The molecule has 2 rings (SSSR count). The maximum atomic E-state index is 12.3. The number of benzene rings is 1. The molecule has 0 aliphatic rings. The molecule has 0 aliphatic carbocycles. The van der Waals surface area contributed by atoms with Crippen LogP contribution in [0.1, 0.15) is 24.2 Å². The number of anilines is 1. The van der Waals surface area contributed by atoms with Gasteiger partial charge in [0.1, 0.15) is 0 Å². The van der Waals surface area contributed by atoms with Gasteiger partial charge in [0, 0.05) is 18.8 Å². The van der Waals surface area contributed by atoms with Crippen LogP contribution in [-0.2, 0) is 16.6 Å². The van der Waals surface area contributed by atoms with Crippen LogP contribution in [0.3, 0.4) is 0 Å². The molecule has 0 bridgehead atoms. The van der Waals surface area contributed by atoms with Crippen LogP contribution in [0, 0.1) is 6.92 Å². The van der Waals surface area contributed by atoms with Crippen molar-refractivity contribution in [3.8, 4) is 0 Å². The van der Waals surface area contributed by atoms with Gasteiger partial charge in [-0.25, -0.2) is 4.79 Å². The van der Waals surface area contributed by atoms with Crippen LogP contribution < -0.4 is 5.32 Å². The van der Waals surface area contributed by atoms with E-state index in [2.05, 4.69) is 10.4 Å². The molecule has 0 aliphatic heterocycles. The lowest BCUT2D eigenvalue weighted by Gasteiger charge is -2.18. The number of carbonyl (C=O) groups excluding carboxylic acids is 1. The Kier molecular flexibility index (Phi) is 4.85. The maximum Gasteiger partial charge on any atom is 0.333 e. The van der Waals surface area contributed by atoms with E-state index < -0.39 is 6.04 Å². The molecule has 0 spiro atoms. The topological polar surface area (TPSA) is 56.1 Å². The predicted octanol–water partition coefficient (Wildman–Crippen LogP) is 3.10. The van der Waals surface area contributed by atoms with Gasteiger partial charge in [0.25, 0.3) is 0 Å². The minimum absolute atomic E-state index is 0.318. The minimum atomic E-state index is -0.640. The van der Waals surface area contributed by atoms with Crippen molar-refractivity contribution < 1.29 is 9.53 Å². The molecule has 1 aromatic heterocycles. The van der Waals surface area contributed by atoms with Gasteiger partial charge in [-0.15, -0.1) is 0 Å². The highest BCUT2D eigenvalue weighted by molar-refractivity contribution is 6.33. The van der Waals surface area contributed by atoms with Gasteiger partial charge >= 0.3 is 5.97 Å². The number of para-hydroxylation sites is 1. The summed E-state index contributed by atoms with van der Waals surface area (Å²) in [7, 11) is 1.81. The van der Waals surface area contributed by atoms with Crippen molar-refractivity contribution in [1.29, 1.82) is 0 Å². The van der Waals surface area contributed by atoms with Crippen LogP contribution in [0.15, 0.2) is 30.5 Å². The number of rotatable bonds is 5. The molecule has 1 atom stereocenters. The van der Waals surface area contributed by atoms with Crippen molar-refractivity contribution in [1.82, 2.24) is 9.78 Å². The smallest absolute Gasteiger partial charge is 0.333 e. The number of esters is 1. The van der Waals surface area contributed by atoms with E-state index in [-0.39, 0.29) is 5.97 Å². The number of aryl methyl sites for hydroxylation is 2. The summed E-state index contributed by atoms with van der Waals surface area (Å²) in [5, 5.41) is 7.97. The van der Waals surface area contributed by atoms with E-state index in [1.54, 1.807) is 23.9 Å². The Bertz CT molecular complexity index is 640. The standard InChI is InChI=1S/C15H18ClN3O2/c1-4-21-15(20)14(11-9-19(3)18-10(11)2)17-13-8-6-5-7-12(13)16/h5-9,14,17H,4H2,1-3H3. The van der Waals surface area contributed by atoms with E-state index >= 15 is 0 Å². The third-order valence-electron chi connectivity index (χ3n) is 3.06. The molecule has 1 aromatic carbocycles. The van der Waals surface area contributed by atoms with Crippen LogP contribution in [0.2, 0.25) is 5.02 Å². The summed E-state index contributed by atoms with van der Waals surface area (Å²) in [5.74, 6) is -0.353. The molecule has 0 saturated carbocycles. The van der Waals surface area contributed by atoms with Crippen LogP contribution in [-0.4, -0.2) is 22.4 Å². The zero-order chi connectivity index (χ0) is 15.4. The molecule has 0 saturated heterocycles. The molecule has 112 valence electrons. The fourth-order valence-electron chi connectivity index (χ4n) is 2.12. The number of aromatic nitrogens is 2. The second-order valence-electron chi connectivity index (χ2n) is 4.65. The Balaban J connectivity index is 2.35. The molecule has 1 heterocycles. The number of carbonyl (C=O) groups is 1. The largest absolute Gasteiger partial charge is 0.464 e. The fourth-order valence-corrected chi connectivity index (χ4v) is 2.31. The second-order valence-corrected chi connectivity index (χ2v) is 5.06. The van der Waals surface area contributed by atoms with Crippen LogP contribution in [0.25, 0.3) is 0 Å². The average Bonchev–Trinajstić information content (AvgIpc) is 2.77. The Morgan fingerprint density at radius 3 is 2.76 bits per heavy atom. The van der Waals surface area contributed by atoms with Gasteiger partial charge in [0.15, 0.2) is 6.04 Å². The van der Waals surface area contributed by atoms with Gasteiger partial charge in [-0.3, -0.25) is 4.68 Å². The number of hydrogen-bond donors (Lipinski definition) is 1. The van der Waals surface area contributed by atoms with Crippen molar-refractivity contribution in [2.24, 2.45) is 7.05 Å². The Morgan fingerprint density at radius 1 is 1.48 bits per heavy atom. The first-order valence-electron chi connectivity index (χ1n) is 6.70. The zero-order valence-electron chi connectivity index (χ0n) is 12.3. The van der Waals surface area contributed by atoms with E-state index in [0.717, 1.165) is 11.3 Å². The monoisotopic (exact) mass is 307 g/mol. The van der Waals surface area contributed by atoms with Crippen molar-refractivity contribution in [3.63, 3.8) is 0 Å². The molecular weight excluding hydrogens is 290 g/mol. The van der Waals surface area contributed by atoms with Gasteiger partial charge < -0.3 is 10.1 Å². The average molecular weight is 308 g/mol. The van der Waals surface area contributed by atoms with Crippen LogP contribution >= 0.6 is 11.6 Å². The molecule has 6 heteroatoms. The SMILES string of the molecule is CCOC(=O)C(Nc1ccccc1Cl)c1cn(C)nc1C. The number of halogens is 1. The first kappa shape index (κ1) is 15.4. The van der Waals surface area contributed by atoms with E-state index in [1.807, 2.05) is 32.2 Å². The molecule has 0 radical (unpaired) electrons. The number of ether oxygens (including phenoxy) is 1. The van der Waals surface area contributed by atoms with Gasteiger partial charge in [-0.05, 0) is 26.0 Å². The second kappa shape index (κ2) is 6.63. The highest BCUT2D eigenvalue weighted by atomic mass is 35.5. The minimum Gasteiger partial charge on any atom is -0.464 e. The van der Waals surface area contributed by atoms with Crippen molar-refractivity contribution in [2.75, 3.05) is 11.9 Å². The van der Waals surface area contributed by atoms with E-state index in [9.17, 15) is 4.79 Å². The fraction of sp³-hybridized carbons (Fsp3) is 0.333.